The molecule has 420 valence electrons. The van der Waals surface area contributed by atoms with Gasteiger partial charge in [-0.3, -0.25) is 38.7 Å². The Labute approximate surface area is 461 Å². The van der Waals surface area contributed by atoms with Crippen LogP contribution in [0.4, 0.5) is 11.4 Å². The molecule has 0 unspecified atom stereocenters. The Kier molecular flexibility index (Phi) is 20.1. The number of rotatable bonds is 20. The van der Waals surface area contributed by atoms with E-state index >= 15 is 0 Å². The summed E-state index contributed by atoms with van der Waals surface area (Å²) in [6.45, 7) is 22.9. The van der Waals surface area contributed by atoms with Gasteiger partial charge in [0.15, 0.2) is 0 Å². The number of pyridine rings is 2. The first-order valence-electron chi connectivity index (χ1n) is 29.1. The van der Waals surface area contributed by atoms with Gasteiger partial charge in [0, 0.05) is 150 Å². The number of carbonyl (C=O) groups is 2. The normalized spacial score (nSPS) is 18.1. The molecule has 18 heteroatoms. The van der Waals surface area contributed by atoms with Crippen molar-refractivity contribution in [1.82, 2.24) is 59.8 Å². The van der Waals surface area contributed by atoms with Crippen LogP contribution in [0.1, 0.15) is 126 Å². The van der Waals surface area contributed by atoms with Gasteiger partial charge in [0.2, 0.25) is 11.8 Å². The molecule has 10 rings (SSSR count). The lowest BCUT2D eigenvalue weighted by Gasteiger charge is -2.30. The predicted molar refractivity (Wildman–Crippen MR) is 309 cm³/mol. The van der Waals surface area contributed by atoms with E-state index in [1.807, 2.05) is 70.5 Å². The van der Waals surface area contributed by atoms with Crippen LogP contribution in [0.5, 0.6) is 0 Å². The lowest BCUT2D eigenvalue weighted by molar-refractivity contribution is -0.123. The van der Waals surface area contributed by atoms with Crippen LogP contribution in [-0.4, -0.2) is 176 Å². The van der Waals surface area contributed by atoms with Gasteiger partial charge in [-0.05, 0) is 117 Å². The smallest absolute Gasteiger partial charge is 0.222 e. The quantitative estimate of drug-likeness (QED) is 0.0633. The number of aliphatic hydroxyl groups is 2. The highest BCUT2D eigenvalue weighted by Gasteiger charge is 2.31. The number of hydrogen-bond donors (Lipinski definition) is 4. The number of hydrogen-bond acceptors (Lipinski definition) is 14. The third kappa shape index (κ3) is 14.4. The largest absolute Gasteiger partial charge is 0.392 e. The van der Waals surface area contributed by atoms with Crippen molar-refractivity contribution in [2.24, 2.45) is 0 Å². The molecule has 6 aromatic rings. The van der Waals surface area contributed by atoms with E-state index in [0.29, 0.717) is 25.9 Å². The standard InChI is InChI=1S/2C30H43N7O2/c2*1-23(2)37-17-10-26(33-37)27(21-28(39)31-12-18-34-13-3-4-14-34)35-15-6-16-36(20-19-35)30-25(22-38)9-8-24-7-5-11-32-29(24)30/h2*5,7-11,17,23,27,38H,3-4,6,12-16,18-22H2,1-2H3,(H,31,39)/t2*27-/m10/s1. The summed E-state index contributed by atoms with van der Waals surface area (Å²) in [6, 6.07) is 20.6. The van der Waals surface area contributed by atoms with Crippen molar-refractivity contribution in [3.8, 4) is 0 Å². The summed E-state index contributed by atoms with van der Waals surface area (Å²) in [6.07, 6.45) is 15.4. The molecule has 2 aromatic carbocycles. The topological polar surface area (TPSA) is 180 Å². The van der Waals surface area contributed by atoms with Crippen molar-refractivity contribution in [3.63, 3.8) is 0 Å². The first kappa shape index (κ1) is 56.7. The number of fused-ring (bicyclic) bond motifs is 2. The summed E-state index contributed by atoms with van der Waals surface area (Å²) in [4.78, 5) is 50.1. The summed E-state index contributed by atoms with van der Waals surface area (Å²) in [5.41, 5.74) is 7.63. The molecular formula is C60H86N14O4. The molecule has 18 nitrogen and oxygen atoms in total. The van der Waals surface area contributed by atoms with Crippen LogP contribution in [-0.2, 0) is 22.8 Å². The first-order valence-corrected chi connectivity index (χ1v) is 29.1. The maximum Gasteiger partial charge on any atom is 0.222 e. The number of likely N-dealkylation sites (tertiary alicyclic amines) is 2. The molecule has 0 aliphatic carbocycles. The maximum absolute atomic E-state index is 13.1. The Morgan fingerprint density at radius 3 is 1.32 bits per heavy atom. The summed E-state index contributed by atoms with van der Waals surface area (Å²) >= 11 is 0. The molecule has 2 amide bonds. The van der Waals surface area contributed by atoms with Crippen LogP contribution < -0.4 is 20.4 Å². The Morgan fingerprint density at radius 2 is 0.936 bits per heavy atom. The Balaban J connectivity index is 0.000000190. The first-order chi connectivity index (χ1) is 38.1. The van der Waals surface area contributed by atoms with E-state index in [-0.39, 0.29) is 49.2 Å². The lowest BCUT2D eigenvalue weighted by atomic mass is 10.1. The predicted octanol–water partition coefficient (Wildman–Crippen LogP) is 6.72. The van der Waals surface area contributed by atoms with E-state index < -0.39 is 0 Å². The van der Waals surface area contributed by atoms with E-state index in [4.69, 9.17) is 10.2 Å². The summed E-state index contributed by atoms with van der Waals surface area (Å²) in [5.74, 6) is 0.167. The van der Waals surface area contributed by atoms with Gasteiger partial charge in [-0.25, -0.2) is 0 Å². The molecule has 0 saturated carbocycles. The fraction of sp³-hybridized carbons (Fsp3) is 0.567. The van der Waals surface area contributed by atoms with Gasteiger partial charge in [0.05, 0.1) is 59.1 Å². The highest BCUT2D eigenvalue weighted by atomic mass is 16.3. The number of nitrogens with one attached hydrogen (secondary N) is 2. The fourth-order valence-electron chi connectivity index (χ4n) is 11.9. The van der Waals surface area contributed by atoms with Crippen LogP contribution in [0.15, 0.2) is 85.5 Å². The van der Waals surface area contributed by atoms with Crippen LogP contribution in [0.3, 0.4) is 0 Å². The van der Waals surface area contributed by atoms with E-state index in [0.717, 1.165) is 160 Å². The molecule has 8 heterocycles. The van der Waals surface area contributed by atoms with E-state index in [2.05, 4.69) is 102 Å². The number of nitrogens with zero attached hydrogens (tertiary/aromatic N) is 12. The Bertz CT molecular complexity index is 2670. The summed E-state index contributed by atoms with van der Waals surface area (Å²) < 4.78 is 3.96. The number of aromatic nitrogens is 6. The average molecular weight is 1070 g/mol. The van der Waals surface area contributed by atoms with E-state index in [9.17, 15) is 19.8 Å². The van der Waals surface area contributed by atoms with Gasteiger partial charge in [0.1, 0.15) is 0 Å². The second-order valence-electron chi connectivity index (χ2n) is 22.2. The highest BCUT2D eigenvalue weighted by molar-refractivity contribution is 5.93. The SMILES string of the molecule is CC(C)n1ccc([C@@H](CC(=O)NCCN2CCCC2)N2CCCN(c3c(CO)ccc4cccnc34)CC2)n1.CC(C)n1ccc([C@H](CC(=O)NCCN2CCCC2)N2CCCN(c3c(CO)ccc4cccnc34)CC2)n1. The van der Waals surface area contributed by atoms with E-state index in [1.54, 1.807) is 0 Å². The van der Waals surface area contributed by atoms with Gasteiger partial charge in [-0.15, -0.1) is 0 Å². The molecular weight excluding hydrogens is 981 g/mol. The number of anilines is 2. The zero-order chi connectivity index (χ0) is 54.4. The second kappa shape index (κ2) is 27.7. The molecule has 4 aromatic heterocycles. The molecule has 4 aliphatic rings. The number of benzene rings is 2. The third-order valence-corrected chi connectivity index (χ3v) is 16.2. The lowest BCUT2D eigenvalue weighted by Crippen LogP contribution is -2.38. The highest BCUT2D eigenvalue weighted by Crippen LogP contribution is 2.34. The van der Waals surface area contributed by atoms with Crippen LogP contribution in [0, 0.1) is 0 Å². The molecule has 0 spiro atoms. The van der Waals surface area contributed by atoms with Crippen LogP contribution >= 0.6 is 0 Å². The van der Waals surface area contributed by atoms with Crippen molar-refractivity contribution in [1.29, 1.82) is 0 Å². The molecule has 4 N–H and O–H groups in total. The average Bonchev–Trinajstić information content (AvgIpc) is 4.34. The summed E-state index contributed by atoms with van der Waals surface area (Å²) in [7, 11) is 0. The third-order valence-electron chi connectivity index (χ3n) is 16.2. The number of amides is 2. The van der Waals surface area contributed by atoms with Gasteiger partial charge in [-0.1, -0.05) is 36.4 Å². The number of aliphatic hydroxyl groups excluding tert-OH is 2. The minimum absolute atomic E-state index is 0.0189. The van der Waals surface area contributed by atoms with Crippen molar-refractivity contribution in [3.05, 3.63) is 108 Å². The van der Waals surface area contributed by atoms with Gasteiger partial charge in [0.25, 0.3) is 0 Å². The van der Waals surface area contributed by atoms with E-state index in [1.165, 1.54) is 25.7 Å². The molecule has 0 bridgehead atoms. The van der Waals surface area contributed by atoms with Crippen molar-refractivity contribution in [2.45, 2.75) is 116 Å². The molecule has 4 aliphatic heterocycles. The van der Waals surface area contributed by atoms with Crippen LogP contribution in [0.2, 0.25) is 0 Å². The van der Waals surface area contributed by atoms with Crippen LogP contribution in [0.25, 0.3) is 21.8 Å². The van der Waals surface area contributed by atoms with Crippen molar-refractivity contribution in [2.75, 3.05) is 115 Å². The molecule has 78 heavy (non-hydrogen) atoms. The van der Waals surface area contributed by atoms with Crippen molar-refractivity contribution >= 4 is 45.0 Å². The van der Waals surface area contributed by atoms with Gasteiger partial charge >= 0.3 is 0 Å². The molecule has 4 saturated heterocycles. The van der Waals surface area contributed by atoms with Gasteiger partial charge in [-0.2, -0.15) is 10.2 Å². The zero-order valence-corrected chi connectivity index (χ0v) is 46.9. The van der Waals surface area contributed by atoms with Crippen molar-refractivity contribution < 1.29 is 19.8 Å². The molecule has 2 atom stereocenters. The minimum atomic E-state index is -0.0836. The minimum Gasteiger partial charge on any atom is -0.392 e. The monoisotopic (exact) mass is 1070 g/mol. The molecule has 0 radical (unpaired) electrons. The maximum atomic E-state index is 13.1. The fourth-order valence-corrected chi connectivity index (χ4v) is 11.9. The Morgan fingerprint density at radius 1 is 0.513 bits per heavy atom. The summed E-state index contributed by atoms with van der Waals surface area (Å²) in [5, 5.41) is 38.5. The van der Waals surface area contributed by atoms with Gasteiger partial charge < -0.3 is 40.4 Å². The zero-order valence-electron chi connectivity index (χ0n) is 46.9. The second-order valence-corrected chi connectivity index (χ2v) is 22.2. The Hall–Kier alpha value is -6.02. The number of carbonyl (C=O) groups excluding carboxylic acids is 2. The molecule has 4 fully saturated rings.